The van der Waals surface area contributed by atoms with Gasteiger partial charge in [-0.15, -0.1) is 0 Å². The molecule has 3 aromatic carbocycles. The van der Waals surface area contributed by atoms with E-state index in [0.29, 0.717) is 17.4 Å². The second-order valence-corrected chi connectivity index (χ2v) is 6.88. The minimum atomic E-state index is 0.465. The molecule has 0 saturated heterocycles. The summed E-state index contributed by atoms with van der Waals surface area (Å²) in [6.45, 7) is 0.465. The van der Waals surface area contributed by atoms with Crippen LogP contribution in [0.2, 0.25) is 5.02 Å². The molecule has 0 unspecified atom stereocenters. The number of hydrogen-bond acceptors (Lipinski definition) is 3. The summed E-state index contributed by atoms with van der Waals surface area (Å²) < 4.78 is 12.0. The number of hydrogen-bond donors (Lipinski definition) is 0. The van der Waals surface area contributed by atoms with Crippen molar-refractivity contribution in [3.8, 4) is 11.5 Å². The van der Waals surface area contributed by atoms with Gasteiger partial charge in [0.1, 0.15) is 18.1 Å². The molecule has 3 rings (SSSR count). The molecule has 26 heavy (non-hydrogen) atoms. The van der Waals surface area contributed by atoms with Gasteiger partial charge in [-0.1, -0.05) is 39.7 Å². The van der Waals surface area contributed by atoms with Crippen LogP contribution in [0.15, 0.2) is 76.2 Å². The Bertz CT molecular complexity index is 893. The molecule has 0 aliphatic rings. The first kappa shape index (κ1) is 18.5. The molecular formula is C21H17BrClNO2. The molecule has 0 fully saturated rings. The molecule has 3 nitrogen and oxygen atoms in total. The summed E-state index contributed by atoms with van der Waals surface area (Å²) in [5.41, 5.74) is 2.83. The van der Waals surface area contributed by atoms with Gasteiger partial charge in [-0.3, -0.25) is 4.99 Å². The van der Waals surface area contributed by atoms with Crippen molar-refractivity contribution >= 4 is 39.4 Å². The van der Waals surface area contributed by atoms with Crippen LogP contribution in [0.25, 0.3) is 0 Å². The molecule has 0 saturated carbocycles. The number of halogens is 2. The summed E-state index contributed by atoms with van der Waals surface area (Å²) in [6.07, 6.45) is 1.77. The van der Waals surface area contributed by atoms with Gasteiger partial charge in [-0.2, -0.15) is 0 Å². The largest absolute Gasteiger partial charge is 0.497 e. The standard InChI is InChI=1S/C21H17BrClNO2/c1-25-19-9-7-18(8-10-19)24-13-16-4-11-21(20(23)12-16)26-14-15-2-5-17(22)6-3-15/h2-13H,14H2,1H3. The molecule has 0 aromatic heterocycles. The monoisotopic (exact) mass is 429 g/mol. The zero-order valence-electron chi connectivity index (χ0n) is 14.2. The number of aliphatic imine (C=N–C) groups is 1. The van der Waals surface area contributed by atoms with E-state index in [2.05, 4.69) is 20.9 Å². The Kier molecular flexibility index (Phi) is 6.31. The van der Waals surface area contributed by atoms with E-state index in [1.807, 2.05) is 66.7 Å². The van der Waals surface area contributed by atoms with Crippen LogP contribution in [0.1, 0.15) is 11.1 Å². The van der Waals surface area contributed by atoms with Gasteiger partial charge >= 0.3 is 0 Å². The van der Waals surface area contributed by atoms with Gasteiger partial charge in [0.05, 0.1) is 17.8 Å². The van der Waals surface area contributed by atoms with Crippen LogP contribution < -0.4 is 9.47 Å². The van der Waals surface area contributed by atoms with Gasteiger partial charge in [0.25, 0.3) is 0 Å². The molecule has 0 heterocycles. The van der Waals surface area contributed by atoms with Crippen molar-refractivity contribution in [2.45, 2.75) is 6.61 Å². The number of methoxy groups -OCH3 is 1. The van der Waals surface area contributed by atoms with Gasteiger partial charge in [0, 0.05) is 10.7 Å². The van der Waals surface area contributed by atoms with Gasteiger partial charge in [0.2, 0.25) is 0 Å². The Morgan fingerprint density at radius 2 is 1.73 bits per heavy atom. The summed E-state index contributed by atoms with van der Waals surface area (Å²) in [5.74, 6) is 1.45. The molecular weight excluding hydrogens is 414 g/mol. The molecule has 5 heteroatoms. The van der Waals surface area contributed by atoms with Crippen molar-refractivity contribution in [2.75, 3.05) is 7.11 Å². The number of benzene rings is 3. The van der Waals surface area contributed by atoms with E-state index in [4.69, 9.17) is 21.1 Å². The van der Waals surface area contributed by atoms with E-state index in [9.17, 15) is 0 Å². The molecule has 3 aromatic rings. The molecule has 0 bridgehead atoms. The lowest BCUT2D eigenvalue weighted by molar-refractivity contribution is 0.306. The topological polar surface area (TPSA) is 30.8 Å². The van der Waals surface area contributed by atoms with Crippen molar-refractivity contribution in [3.05, 3.63) is 87.4 Å². The zero-order valence-corrected chi connectivity index (χ0v) is 16.5. The highest BCUT2D eigenvalue weighted by Crippen LogP contribution is 2.26. The SMILES string of the molecule is COc1ccc(N=Cc2ccc(OCc3ccc(Br)cc3)c(Cl)c2)cc1. The minimum absolute atomic E-state index is 0.465. The number of rotatable bonds is 6. The van der Waals surface area contributed by atoms with Gasteiger partial charge in [-0.05, 0) is 65.7 Å². The third-order valence-corrected chi connectivity index (χ3v) is 4.52. The lowest BCUT2D eigenvalue weighted by Crippen LogP contribution is -1.96. The van der Waals surface area contributed by atoms with Gasteiger partial charge in [-0.25, -0.2) is 0 Å². The third kappa shape index (κ3) is 5.10. The van der Waals surface area contributed by atoms with Crippen LogP contribution in [0.5, 0.6) is 11.5 Å². The van der Waals surface area contributed by atoms with E-state index in [0.717, 1.165) is 27.0 Å². The molecule has 0 aliphatic heterocycles. The molecule has 0 aliphatic carbocycles. The van der Waals surface area contributed by atoms with E-state index >= 15 is 0 Å². The van der Waals surface area contributed by atoms with Crippen molar-refractivity contribution < 1.29 is 9.47 Å². The summed E-state index contributed by atoms with van der Waals surface area (Å²) in [5, 5.41) is 0.556. The van der Waals surface area contributed by atoms with Gasteiger partial charge in [0.15, 0.2) is 0 Å². The maximum absolute atomic E-state index is 6.33. The van der Waals surface area contributed by atoms with Crippen LogP contribution in [-0.4, -0.2) is 13.3 Å². The summed E-state index contributed by atoms with van der Waals surface area (Å²) in [6, 6.07) is 21.1. The minimum Gasteiger partial charge on any atom is -0.497 e. The lowest BCUT2D eigenvalue weighted by Gasteiger charge is -2.09. The Morgan fingerprint density at radius 1 is 1.00 bits per heavy atom. The number of nitrogens with zero attached hydrogens (tertiary/aromatic N) is 1. The quantitative estimate of drug-likeness (QED) is 0.421. The first-order chi connectivity index (χ1) is 12.6. The Hall–Kier alpha value is -2.30. The van der Waals surface area contributed by atoms with E-state index in [1.54, 1.807) is 13.3 Å². The zero-order chi connectivity index (χ0) is 18.4. The van der Waals surface area contributed by atoms with Crippen LogP contribution >= 0.6 is 27.5 Å². The normalized spacial score (nSPS) is 10.9. The number of ether oxygens (including phenoxy) is 2. The summed E-state index contributed by atoms with van der Waals surface area (Å²) in [4.78, 5) is 4.44. The first-order valence-electron chi connectivity index (χ1n) is 7.99. The van der Waals surface area contributed by atoms with Crippen molar-refractivity contribution in [3.63, 3.8) is 0 Å². The maximum atomic E-state index is 6.33. The third-order valence-electron chi connectivity index (χ3n) is 3.70. The van der Waals surface area contributed by atoms with E-state index in [1.165, 1.54) is 0 Å². The lowest BCUT2D eigenvalue weighted by atomic mass is 10.2. The van der Waals surface area contributed by atoms with Crippen molar-refractivity contribution in [2.24, 2.45) is 4.99 Å². The van der Waals surface area contributed by atoms with E-state index < -0.39 is 0 Å². The highest BCUT2D eigenvalue weighted by atomic mass is 79.9. The molecule has 132 valence electrons. The first-order valence-corrected chi connectivity index (χ1v) is 9.16. The van der Waals surface area contributed by atoms with Crippen molar-refractivity contribution in [1.82, 2.24) is 0 Å². The predicted molar refractivity (Wildman–Crippen MR) is 110 cm³/mol. The van der Waals surface area contributed by atoms with Crippen LogP contribution in [0.3, 0.4) is 0 Å². The van der Waals surface area contributed by atoms with Crippen LogP contribution in [-0.2, 0) is 6.61 Å². The molecule has 0 radical (unpaired) electrons. The maximum Gasteiger partial charge on any atom is 0.138 e. The summed E-state index contributed by atoms with van der Waals surface area (Å²) >= 11 is 9.75. The average molecular weight is 431 g/mol. The fourth-order valence-corrected chi connectivity index (χ4v) is 2.78. The fourth-order valence-electron chi connectivity index (χ4n) is 2.27. The fraction of sp³-hybridized carbons (Fsp3) is 0.0952. The Labute approximate surface area is 166 Å². The average Bonchev–Trinajstić information content (AvgIpc) is 2.67. The van der Waals surface area contributed by atoms with E-state index in [-0.39, 0.29) is 0 Å². The Balaban J connectivity index is 1.64. The highest BCUT2D eigenvalue weighted by Gasteiger charge is 2.03. The highest BCUT2D eigenvalue weighted by molar-refractivity contribution is 9.10. The Morgan fingerprint density at radius 3 is 2.38 bits per heavy atom. The smallest absolute Gasteiger partial charge is 0.138 e. The van der Waals surface area contributed by atoms with Crippen molar-refractivity contribution in [1.29, 1.82) is 0 Å². The second-order valence-electron chi connectivity index (χ2n) is 5.56. The van der Waals surface area contributed by atoms with Crippen LogP contribution in [0.4, 0.5) is 5.69 Å². The van der Waals surface area contributed by atoms with Crippen LogP contribution in [0, 0.1) is 0 Å². The molecule has 0 atom stereocenters. The molecule has 0 spiro atoms. The second kappa shape index (κ2) is 8.88. The summed E-state index contributed by atoms with van der Waals surface area (Å²) in [7, 11) is 1.64. The molecule has 0 N–H and O–H groups in total. The van der Waals surface area contributed by atoms with Gasteiger partial charge < -0.3 is 9.47 Å². The predicted octanol–water partition coefficient (Wildman–Crippen LogP) is 6.44. The molecule has 0 amide bonds.